The zero-order chi connectivity index (χ0) is 11.3. The fourth-order valence-corrected chi connectivity index (χ4v) is 1.29. The summed E-state index contributed by atoms with van der Waals surface area (Å²) in [6, 6.07) is 6.90. The third kappa shape index (κ3) is 3.85. The van der Waals surface area contributed by atoms with E-state index < -0.39 is 0 Å². The molecule has 1 aromatic carbocycles. The largest absolute Gasteiger partial charge is 0.508 e. The summed E-state index contributed by atoms with van der Waals surface area (Å²) in [5, 5.41) is 9.23. The molecule has 3 heteroatoms. The van der Waals surface area contributed by atoms with Gasteiger partial charge in [-0.25, -0.2) is 0 Å². The lowest BCUT2D eigenvalue weighted by Gasteiger charge is -2.04. The third-order valence-corrected chi connectivity index (χ3v) is 1.99. The van der Waals surface area contributed by atoms with E-state index in [0.29, 0.717) is 6.42 Å². The van der Waals surface area contributed by atoms with Crippen LogP contribution in [0.5, 0.6) is 5.75 Å². The van der Waals surface area contributed by atoms with Gasteiger partial charge in [-0.15, -0.1) is 0 Å². The molecule has 1 N–H and O–H groups in total. The van der Waals surface area contributed by atoms with Gasteiger partial charge in [0.25, 0.3) is 0 Å². The lowest BCUT2D eigenvalue weighted by atomic mass is 10.0. The summed E-state index contributed by atoms with van der Waals surface area (Å²) in [7, 11) is 1.35. The Morgan fingerprint density at radius 1 is 1.53 bits per heavy atom. The molecule has 0 bridgehead atoms. The van der Waals surface area contributed by atoms with E-state index in [1.165, 1.54) is 7.11 Å². The van der Waals surface area contributed by atoms with Gasteiger partial charge in [-0.1, -0.05) is 24.3 Å². The van der Waals surface area contributed by atoms with Gasteiger partial charge in [0.2, 0.25) is 0 Å². The first-order chi connectivity index (χ1) is 7.11. The summed E-state index contributed by atoms with van der Waals surface area (Å²) >= 11 is 0. The maximum absolute atomic E-state index is 10.9. The van der Waals surface area contributed by atoms with Gasteiger partial charge in [0.05, 0.1) is 13.5 Å². The first kappa shape index (κ1) is 11.3. The molecule has 1 aromatic rings. The maximum atomic E-state index is 10.9. The Balaban J connectivity index is 2.55. The first-order valence-electron chi connectivity index (χ1n) is 4.63. The van der Waals surface area contributed by atoms with Crippen LogP contribution < -0.4 is 0 Å². The van der Waals surface area contributed by atoms with E-state index in [0.717, 1.165) is 11.1 Å². The first-order valence-corrected chi connectivity index (χ1v) is 4.63. The van der Waals surface area contributed by atoms with E-state index >= 15 is 0 Å². The van der Waals surface area contributed by atoms with E-state index in [1.807, 2.05) is 6.07 Å². The normalized spacial score (nSPS) is 9.67. The van der Waals surface area contributed by atoms with Gasteiger partial charge < -0.3 is 9.84 Å². The number of rotatable bonds is 4. The highest BCUT2D eigenvalue weighted by atomic mass is 16.5. The van der Waals surface area contributed by atoms with Crippen LogP contribution in [0.2, 0.25) is 0 Å². The number of esters is 1. The third-order valence-electron chi connectivity index (χ3n) is 1.99. The molecule has 15 heavy (non-hydrogen) atoms. The van der Waals surface area contributed by atoms with Gasteiger partial charge in [-0.3, -0.25) is 4.79 Å². The smallest absolute Gasteiger partial charge is 0.309 e. The number of ether oxygens (including phenoxy) is 1. The van der Waals surface area contributed by atoms with Crippen LogP contribution in [0, 0.1) is 0 Å². The highest BCUT2D eigenvalue weighted by molar-refractivity contribution is 5.72. The molecule has 0 aliphatic carbocycles. The minimum absolute atomic E-state index is 0.214. The second-order valence-corrected chi connectivity index (χ2v) is 3.35. The highest BCUT2D eigenvalue weighted by Crippen LogP contribution is 2.15. The molecule has 0 heterocycles. The standard InChI is InChI=1S/C12H14O3/c1-9(7-12(14)15-2)6-10-4-3-5-11(13)8-10/h3-5,8,13H,1,6-7H2,2H3. The minimum Gasteiger partial charge on any atom is -0.508 e. The summed E-state index contributed by atoms with van der Waals surface area (Å²) in [6.07, 6.45) is 0.787. The van der Waals surface area contributed by atoms with E-state index in [1.54, 1.807) is 18.2 Å². The number of benzene rings is 1. The average Bonchev–Trinajstić information content (AvgIpc) is 2.17. The molecule has 0 spiro atoms. The van der Waals surface area contributed by atoms with Crippen molar-refractivity contribution < 1.29 is 14.6 Å². The van der Waals surface area contributed by atoms with Gasteiger partial charge in [0, 0.05) is 0 Å². The molecule has 0 saturated heterocycles. The minimum atomic E-state index is -0.292. The van der Waals surface area contributed by atoms with Crippen molar-refractivity contribution in [2.75, 3.05) is 7.11 Å². The van der Waals surface area contributed by atoms with Gasteiger partial charge in [0.1, 0.15) is 5.75 Å². The molecule has 0 radical (unpaired) electrons. The average molecular weight is 206 g/mol. The number of hydrogen-bond donors (Lipinski definition) is 1. The predicted octanol–water partition coefficient (Wildman–Crippen LogP) is 2.05. The molecule has 80 valence electrons. The molecular weight excluding hydrogens is 192 g/mol. The van der Waals surface area contributed by atoms with Crippen LogP contribution in [0.25, 0.3) is 0 Å². The Bertz CT molecular complexity index is 369. The Labute approximate surface area is 89.0 Å². The maximum Gasteiger partial charge on any atom is 0.309 e. The number of hydrogen-bond acceptors (Lipinski definition) is 3. The lowest BCUT2D eigenvalue weighted by molar-refractivity contribution is -0.139. The van der Waals surface area contributed by atoms with Crippen molar-refractivity contribution in [3.8, 4) is 5.75 Å². The number of phenols is 1. The van der Waals surface area contributed by atoms with Crippen molar-refractivity contribution >= 4 is 5.97 Å². The Morgan fingerprint density at radius 3 is 2.87 bits per heavy atom. The van der Waals surface area contributed by atoms with Crippen molar-refractivity contribution in [2.45, 2.75) is 12.8 Å². The Morgan fingerprint density at radius 2 is 2.27 bits per heavy atom. The van der Waals surface area contributed by atoms with Crippen LogP contribution in [-0.4, -0.2) is 18.2 Å². The summed E-state index contributed by atoms with van der Waals surface area (Å²) in [6.45, 7) is 3.79. The molecule has 0 atom stereocenters. The zero-order valence-electron chi connectivity index (χ0n) is 8.69. The number of aromatic hydroxyl groups is 1. The Kier molecular flexibility index (Phi) is 3.92. The number of phenolic OH excluding ortho intramolecular Hbond substituents is 1. The summed E-state index contributed by atoms with van der Waals surface area (Å²) in [4.78, 5) is 10.9. The molecule has 0 fully saturated rings. The van der Waals surface area contributed by atoms with Crippen molar-refractivity contribution in [2.24, 2.45) is 0 Å². The lowest BCUT2D eigenvalue weighted by Crippen LogP contribution is -2.02. The van der Waals surface area contributed by atoms with E-state index in [-0.39, 0.29) is 18.1 Å². The topological polar surface area (TPSA) is 46.5 Å². The Hall–Kier alpha value is -1.77. The van der Waals surface area contributed by atoms with Gasteiger partial charge >= 0.3 is 5.97 Å². The second kappa shape index (κ2) is 5.20. The monoisotopic (exact) mass is 206 g/mol. The van der Waals surface area contributed by atoms with Crippen LogP contribution in [0.1, 0.15) is 12.0 Å². The summed E-state index contributed by atoms with van der Waals surface area (Å²) < 4.78 is 4.53. The molecule has 0 saturated carbocycles. The highest BCUT2D eigenvalue weighted by Gasteiger charge is 2.04. The van der Waals surface area contributed by atoms with E-state index in [4.69, 9.17) is 0 Å². The molecule has 0 amide bonds. The quantitative estimate of drug-likeness (QED) is 0.605. The zero-order valence-corrected chi connectivity index (χ0v) is 8.69. The van der Waals surface area contributed by atoms with Crippen molar-refractivity contribution in [3.05, 3.63) is 42.0 Å². The molecule has 0 aromatic heterocycles. The van der Waals surface area contributed by atoms with Crippen molar-refractivity contribution in [3.63, 3.8) is 0 Å². The molecule has 3 nitrogen and oxygen atoms in total. The molecule has 0 unspecified atom stereocenters. The molecule has 0 aliphatic heterocycles. The molecule has 0 aliphatic rings. The number of carbonyl (C=O) groups excluding carboxylic acids is 1. The van der Waals surface area contributed by atoms with Gasteiger partial charge in [-0.2, -0.15) is 0 Å². The van der Waals surface area contributed by atoms with E-state index in [2.05, 4.69) is 11.3 Å². The molecular formula is C12H14O3. The van der Waals surface area contributed by atoms with Crippen molar-refractivity contribution in [1.29, 1.82) is 0 Å². The fraction of sp³-hybridized carbons (Fsp3) is 0.250. The van der Waals surface area contributed by atoms with Gasteiger partial charge in [0.15, 0.2) is 0 Å². The number of carbonyl (C=O) groups is 1. The summed E-state index contributed by atoms with van der Waals surface area (Å²) in [5.74, 6) is -0.0708. The number of methoxy groups -OCH3 is 1. The summed E-state index contributed by atoms with van der Waals surface area (Å²) in [5.41, 5.74) is 1.70. The van der Waals surface area contributed by atoms with Crippen LogP contribution in [0.3, 0.4) is 0 Å². The predicted molar refractivity (Wildman–Crippen MR) is 57.6 cm³/mol. The molecule has 1 rings (SSSR count). The SMILES string of the molecule is C=C(CC(=O)OC)Cc1cccc(O)c1. The van der Waals surface area contributed by atoms with Crippen LogP contribution in [0.15, 0.2) is 36.4 Å². The van der Waals surface area contributed by atoms with Crippen LogP contribution >= 0.6 is 0 Å². The fourth-order valence-electron chi connectivity index (χ4n) is 1.29. The van der Waals surface area contributed by atoms with Crippen molar-refractivity contribution in [1.82, 2.24) is 0 Å². The second-order valence-electron chi connectivity index (χ2n) is 3.35. The van der Waals surface area contributed by atoms with Crippen LogP contribution in [0.4, 0.5) is 0 Å². The van der Waals surface area contributed by atoms with Crippen LogP contribution in [-0.2, 0) is 16.0 Å². The van der Waals surface area contributed by atoms with Gasteiger partial charge in [-0.05, 0) is 24.1 Å². The van der Waals surface area contributed by atoms with E-state index in [9.17, 15) is 9.90 Å².